The molecule has 0 heterocycles. The predicted molar refractivity (Wildman–Crippen MR) is 64.3 cm³/mol. The fourth-order valence-electron chi connectivity index (χ4n) is 3.12. The van der Waals surface area contributed by atoms with Gasteiger partial charge in [0.25, 0.3) is 0 Å². The monoisotopic (exact) mass is 194 g/mol. The Morgan fingerprint density at radius 2 is 2.14 bits per heavy atom. The van der Waals surface area contributed by atoms with Gasteiger partial charge < -0.3 is 0 Å². The van der Waals surface area contributed by atoms with Gasteiger partial charge in [-0.25, -0.2) is 0 Å². The molecule has 0 aromatic carbocycles. The van der Waals surface area contributed by atoms with Crippen LogP contribution in [0, 0.1) is 23.2 Å². The minimum atomic E-state index is 0.601. The first-order valence-electron chi connectivity index (χ1n) is 6.17. The Morgan fingerprint density at radius 1 is 1.50 bits per heavy atom. The van der Waals surface area contributed by atoms with Gasteiger partial charge in [0.2, 0.25) is 0 Å². The number of hydrogen-bond donors (Lipinski definition) is 0. The summed E-state index contributed by atoms with van der Waals surface area (Å²) >= 11 is 0. The Labute approximate surface area is 89.8 Å². The topological polar surface area (TPSA) is 0 Å². The molecule has 0 aliphatic heterocycles. The van der Waals surface area contributed by atoms with Crippen LogP contribution in [0.2, 0.25) is 0 Å². The SMILES string of the molecule is C=CCC(C)C1(C)CCC1C(C)CC. The smallest absolute Gasteiger partial charge is 0.0266 e. The summed E-state index contributed by atoms with van der Waals surface area (Å²) in [6.07, 6.45) is 7.48. The zero-order chi connectivity index (χ0) is 10.8. The Balaban J connectivity index is 2.60. The summed E-state index contributed by atoms with van der Waals surface area (Å²) in [6.45, 7) is 13.5. The Bertz CT molecular complexity index is 194. The Hall–Kier alpha value is -0.260. The first-order valence-corrected chi connectivity index (χ1v) is 6.17. The summed E-state index contributed by atoms with van der Waals surface area (Å²) in [4.78, 5) is 0. The summed E-state index contributed by atoms with van der Waals surface area (Å²) in [7, 11) is 0. The third-order valence-electron chi connectivity index (χ3n) is 4.82. The molecule has 0 spiro atoms. The van der Waals surface area contributed by atoms with E-state index >= 15 is 0 Å². The summed E-state index contributed by atoms with van der Waals surface area (Å²) in [6, 6.07) is 0. The van der Waals surface area contributed by atoms with Crippen LogP contribution in [0.15, 0.2) is 12.7 Å². The van der Waals surface area contributed by atoms with Crippen LogP contribution in [0.5, 0.6) is 0 Å². The first-order chi connectivity index (χ1) is 6.56. The summed E-state index contributed by atoms with van der Waals surface area (Å²) < 4.78 is 0. The van der Waals surface area contributed by atoms with Crippen molar-refractivity contribution in [3.05, 3.63) is 12.7 Å². The second-order valence-corrected chi connectivity index (χ2v) is 5.46. The lowest BCUT2D eigenvalue weighted by Gasteiger charge is -2.54. The largest absolute Gasteiger partial charge is 0.103 e. The van der Waals surface area contributed by atoms with Gasteiger partial charge >= 0.3 is 0 Å². The van der Waals surface area contributed by atoms with E-state index in [1.54, 1.807) is 0 Å². The average molecular weight is 194 g/mol. The molecule has 0 saturated heterocycles. The Morgan fingerprint density at radius 3 is 2.50 bits per heavy atom. The highest BCUT2D eigenvalue weighted by atomic mass is 14.5. The fraction of sp³-hybridized carbons (Fsp3) is 0.857. The van der Waals surface area contributed by atoms with E-state index in [0.717, 1.165) is 17.8 Å². The van der Waals surface area contributed by atoms with Gasteiger partial charge in [-0.2, -0.15) is 0 Å². The maximum atomic E-state index is 3.86. The van der Waals surface area contributed by atoms with Crippen molar-refractivity contribution in [3.63, 3.8) is 0 Å². The van der Waals surface area contributed by atoms with E-state index in [1.165, 1.54) is 25.7 Å². The van der Waals surface area contributed by atoms with Gasteiger partial charge in [0, 0.05) is 0 Å². The van der Waals surface area contributed by atoms with Gasteiger partial charge in [-0.3, -0.25) is 0 Å². The molecule has 0 radical (unpaired) electrons. The zero-order valence-electron chi connectivity index (χ0n) is 10.3. The minimum absolute atomic E-state index is 0.601. The van der Waals surface area contributed by atoms with Crippen molar-refractivity contribution >= 4 is 0 Å². The molecule has 1 saturated carbocycles. The van der Waals surface area contributed by atoms with Crippen molar-refractivity contribution in [2.75, 3.05) is 0 Å². The van der Waals surface area contributed by atoms with Crippen LogP contribution in [0.3, 0.4) is 0 Å². The van der Waals surface area contributed by atoms with Gasteiger partial charge in [0.05, 0.1) is 0 Å². The van der Waals surface area contributed by atoms with E-state index in [-0.39, 0.29) is 0 Å². The van der Waals surface area contributed by atoms with Crippen LogP contribution in [0.4, 0.5) is 0 Å². The molecule has 0 amide bonds. The van der Waals surface area contributed by atoms with E-state index < -0.39 is 0 Å². The van der Waals surface area contributed by atoms with Gasteiger partial charge in [-0.05, 0) is 42.4 Å². The molecule has 1 aliphatic carbocycles. The third-order valence-corrected chi connectivity index (χ3v) is 4.82. The van der Waals surface area contributed by atoms with Crippen molar-refractivity contribution in [2.45, 2.75) is 53.4 Å². The van der Waals surface area contributed by atoms with Crippen molar-refractivity contribution in [1.29, 1.82) is 0 Å². The van der Waals surface area contributed by atoms with Crippen molar-refractivity contribution < 1.29 is 0 Å². The van der Waals surface area contributed by atoms with Crippen molar-refractivity contribution in [3.8, 4) is 0 Å². The highest BCUT2D eigenvalue weighted by Gasteiger charge is 2.47. The molecule has 0 heteroatoms. The molecule has 4 atom stereocenters. The lowest BCUT2D eigenvalue weighted by atomic mass is 9.51. The molecule has 1 fully saturated rings. The molecule has 0 aromatic heterocycles. The molecule has 0 N–H and O–H groups in total. The van der Waals surface area contributed by atoms with Crippen molar-refractivity contribution in [1.82, 2.24) is 0 Å². The molecule has 0 nitrogen and oxygen atoms in total. The van der Waals surface area contributed by atoms with Gasteiger partial charge in [-0.15, -0.1) is 6.58 Å². The first kappa shape index (κ1) is 11.8. The minimum Gasteiger partial charge on any atom is -0.103 e. The van der Waals surface area contributed by atoms with Crippen LogP contribution < -0.4 is 0 Å². The number of rotatable bonds is 5. The molecule has 0 bridgehead atoms. The summed E-state index contributed by atoms with van der Waals surface area (Å²) in [5.41, 5.74) is 0.601. The van der Waals surface area contributed by atoms with E-state index in [4.69, 9.17) is 0 Å². The van der Waals surface area contributed by atoms with Crippen LogP contribution in [0.1, 0.15) is 53.4 Å². The zero-order valence-corrected chi connectivity index (χ0v) is 10.3. The number of allylic oxidation sites excluding steroid dienone is 1. The second kappa shape index (κ2) is 4.51. The van der Waals surface area contributed by atoms with Crippen LogP contribution >= 0.6 is 0 Å². The van der Waals surface area contributed by atoms with Crippen LogP contribution in [-0.4, -0.2) is 0 Å². The lowest BCUT2D eigenvalue weighted by Crippen LogP contribution is -2.45. The molecule has 0 aromatic rings. The standard InChI is InChI=1S/C14H26/c1-6-8-12(4)14(5)10-9-13(14)11(3)7-2/h6,11-13H,1,7-10H2,2-5H3. The van der Waals surface area contributed by atoms with E-state index in [0.29, 0.717) is 5.41 Å². The third kappa shape index (κ3) is 1.89. The van der Waals surface area contributed by atoms with Crippen molar-refractivity contribution in [2.24, 2.45) is 23.2 Å². The number of hydrogen-bond acceptors (Lipinski definition) is 0. The molecular formula is C14H26. The Kier molecular flexibility index (Phi) is 3.80. The van der Waals surface area contributed by atoms with E-state index in [2.05, 4.69) is 40.3 Å². The summed E-state index contributed by atoms with van der Waals surface area (Å²) in [5, 5.41) is 0. The maximum absolute atomic E-state index is 3.86. The van der Waals surface area contributed by atoms with Crippen LogP contribution in [-0.2, 0) is 0 Å². The van der Waals surface area contributed by atoms with Gasteiger partial charge in [0.1, 0.15) is 0 Å². The van der Waals surface area contributed by atoms with E-state index in [9.17, 15) is 0 Å². The molecule has 4 unspecified atom stereocenters. The second-order valence-electron chi connectivity index (χ2n) is 5.46. The van der Waals surface area contributed by atoms with Gasteiger partial charge in [-0.1, -0.05) is 40.2 Å². The summed E-state index contributed by atoms with van der Waals surface area (Å²) in [5.74, 6) is 2.68. The average Bonchev–Trinajstić information content (AvgIpc) is 2.15. The van der Waals surface area contributed by atoms with Crippen LogP contribution in [0.25, 0.3) is 0 Å². The highest BCUT2D eigenvalue weighted by Crippen LogP contribution is 2.56. The van der Waals surface area contributed by atoms with Gasteiger partial charge in [0.15, 0.2) is 0 Å². The fourth-order valence-corrected chi connectivity index (χ4v) is 3.12. The maximum Gasteiger partial charge on any atom is -0.0266 e. The highest BCUT2D eigenvalue weighted by molar-refractivity contribution is 4.98. The molecule has 1 rings (SSSR count). The van der Waals surface area contributed by atoms with E-state index in [1.807, 2.05) is 0 Å². The molecule has 82 valence electrons. The molecule has 1 aliphatic rings. The molecule has 14 heavy (non-hydrogen) atoms. The normalized spacial score (nSPS) is 35.9. The predicted octanol–water partition coefficient (Wildman–Crippen LogP) is 4.66. The quantitative estimate of drug-likeness (QED) is 0.558. The molecular weight excluding hydrogens is 168 g/mol. The lowest BCUT2D eigenvalue weighted by molar-refractivity contribution is -0.0398.